The maximum Gasteiger partial charge on any atom is 0.387 e. The fourth-order valence-electron chi connectivity index (χ4n) is 2.94. The molecular formula is C23H24F2N2O5. The molecule has 1 aromatic heterocycles. The zero-order valence-electron chi connectivity index (χ0n) is 18.2. The second-order valence-electron chi connectivity index (χ2n) is 7.82. The summed E-state index contributed by atoms with van der Waals surface area (Å²) >= 11 is 0. The summed E-state index contributed by atoms with van der Waals surface area (Å²) in [4.78, 5) is 18.1. The molecule has 0 atom stereocenters. The van der Waals surface area contributed by atoms with Gasteiger partial charge in [0.15, 0.2) is 17.9 Å². The highest BCUT2D eigenvalue weighted by molar-refractivity contribution is 5.90. The number of alkyl halides is 2. The summed E-state index contributed by atoms with van der Waals surface area (Å²) in [5.74, 6) is 0.219. The number of aromatic nitrogens is 1. The Kier molecular flexibility index (Phi) is 6.97. The molecule has 0 fully saturated rings. The van der Waals surface area contributed by atoms with Crippen LogP contribution in [0.1, 0.15) is 36.9 Å². The number of hydrogen-bond acceptors (Lipinski definition) is 7. The monoisotopic (exact) mass is 446 g/mol. The normalized spacial score (nSPS) is 11.3. The van der Waals surface area contributed by atoms with E-state index in [-0.39, 0.29) is 11.5 Å². The molecule has 0 bridgehead atoms. The zero-order valence-corrected chi connectivity index (χ0v) is 18.2. The molecule has 0 N–H and O–H groups in total. The predicted molar refractivity (Wildman–Crippen MR) is 114 cm³/mol. The number of halogens is 2. The Bertz CT molecular complexity index is 1030. The van der Waals surface area contributed by atoms with Gasteiger partial charge in [-0.25, -0.2) is 9.78 Å². The molecule has 0 radical (unpaired) electrons. The third-order valence-corrected chi connectivity index (χ3v) is 4.29. The van der Waals surface area contributed by atoms with E-state index in [1.54, 1.807) is 63.4 Å². The van der Waals surface area contributed by atoms with Gasteiger partial charge in [-0.3, -0.25) is 0 Å². The fraction of sp³-hybridized carbons (Fsp3) is 0.304. The summed E-state index contributed by atoms with van der Waals surface area (Å²) in [5.41, 5.74) is 1.15. The van der Waals surface area contributed by atoms with Crippen LogP contribution < -0.4 is 14.4 Å². The number of carbonyl (C=O) groups excluding carboxylic acids is 1. The van der Waals surface area contributed by atoms with Crippen molar-refractivity contribution >= 4 is 17.3 Å². The first-order chi connectivity index (χ1) is 15.2. The molecule has 3 aromatic rings. The van der Waals surface area contributed by atoms with Crippen molar-refractivity contribution in [3.63, 3.8) is 0 Å². The lowest BCUT2D eigenvalue weighted by Gasteiger charge is -2.25. The van der Waals surface area contributed by atoms with Crippen molar-refractivity contribution in [2.24, 2.45) is 0 Å². The molecule has 0 aliphatic carbocycles. The van der Waals surface area contributed by atoms with E-state index >= 15 is 0 Å². The number of esters is 1. The lowest BCUT2D eigenvalue weighted by molar-refractivity contribution is -0.0512. The number of rotatable bonds is 8. The average molecular weight is 446 g/mol. The summed E-state index contributed by atoms with van der Waals surface area (Å²) < 4.78 is 45.9. The van der Waals surface area contributed by atoms with Crippen LogP contribution in [0, 0.1) is 0 Å². The summed E-state index contributed by atoms with van der Waals surface area (Å²) in [6, 6.07) is 11.4. The summed E-state index contributed by atoms with van der Waals surface area (Å²) in [6.45, 7) is 2.72. The minimum atomic E-state index is -2.97. The fourth-order valence-corrected chi connectivity index (χ4v) is 2.94. The van der Waals surface area contributed by atoms with E-state index in [1.165, 1.54) is 19.6 Å². The number of oxazole rings is 1. The first-order valence-electron chi connectivity index (χ1n) is 9.77. The van der Waals surface area contributed by atoms with E-state index in [1.807, 2.05) is 4.90 Å². The van der Waals surface area contributed by atoms with E-state index in [0.717, 1.165) is 5.69 Å². The Morgan fingerprint density at radius 2 is 1.78 bits per heavy atom. The number of hydrogen-bond donors (Lipinski definition) is 0. The van der Waals surface area contributed by atoms with Crippen LogP contribution in [-0.2, 0) is 11.3 Å². The molecule has 0 amide bonds. The molecule has 0 saturated heterocycles. The molecule has 0 spiro atoms. The highest BCUT2D eigenvalue weighted by atomic mass is 19.3. The van der Waals surface area contributed by atoms with Crippen LogP contribution in [-0.4, -0.2) is 30.3 Å². The number of benzene rings is 2. The molecule has 0 unspecified atom stereocenters. The maximum atomic E-state index is 12.7. The lowest BCUT2D eigenvalue weighted by atomic mass is 10.1. The maximum absolute atomic E-state index is 12.7. The van der Waals surface area contributed by atoms with Crippen LogP contribution in [0.25, 0.3) is 0 Å². The molecule has 3 rings (SSSR count). The van der Waals surface area contributed by atoms with E-state index in [0.29, 0.717) is 23.6 Å². The van der Waals surface area contributed by atoms with E-state index in [9.17, 15) is 13.6 Å². The van der Waals surface area contributed by atoms with Crippen LogP contribution in [0.4, 0.5) is 20.2 Å². The standard InChI is InChI=1S/C23H24F2N2O5/c1-23(2,3)32-21(28)15-5-7-16(8-6-15)27(13-18-12-26-14-30-18)17-9-10-19(31-22(24)25)20(11-17)29-4/h5-12,14,22H,13H2,1-4H3. The van der Waals surface area contributed by atoms with Crippen molar-refractivity contribution < 1.29 is 32.2 Å². The minimum absolute atomic E-state index is 0.0776. The Hall–Kier alpha value is -3.62. The number of nitrogens with zero attached hydrogens (tertiary/aromatic N) is 2. The number of ether oxygens (including phenoxy) is 3. The molecule has 170 valence electrons. The Morgan fingerprint density at radius 3 is 2.34 bits per heavy atom. The molecule has 1 heterocycles. The first kappa shape index (κ1) is 23.1. The molecule has 7 nitrogen and oxygen atoms in total. The lowest BCUT2D eigenvalue weighted by Crippen LogP contribution is -2.24. The van der Waals surface area contributed by atoms with Crippen LogP contribution in [0.5, 0.6) is 11.5 Å². The van der Waals surface area contributed by atoms with Crippen molar-refractivity contribution in [3.05, 3.63) is 66.4 Å². The highest BCUT2D eigenvalue weighted by Gasteiger charge is 2.20. The molecule has 0 aliphatic rings. The van der Waals surface area contributed by atoms with Crippen LogP contribution in [0.15, 0.2) is 59.5 Å². The van der Waals surface area contributed by atoms with Crippen molar-refractivity contribution in [2.75, 3.05) is 12.0 Å². The molecule has 0 saturated carbocycles. The van der Waals surface area contributed by atoms with Gasteiger partial charge in [-0.15, -0.1) is 0 Å². The summed E-state index contributed by atoms with van der Waals surface area (Å²) in [5, 5.41) is 0. The SMILES string of the molecule is COc1cc(N(Cc2cnco2)c2ccc(C(=O)OC(C)(C)C)cc2)ccc1OC(F)F. The number of methoxy groups -OCH3 is 1. The van der Waals surface area contributed by atoms with E-state index in [4.69, 9.17) is 13.9 Å². The van der Waals surface area contributed by atoms with Gasteiger partial charge in [0.25, 0.3) is 0 Å². The number of carbonyl (C=O) groups is 1. The quantitative estimate of drug-likeness (QED) is 0.418. The minimum Gasteiger partial charge on any atom is -0.493 e. The van der Waals surface area contributed by atoms with E-state index < -0.39 is 18.2 Å². The van der Waals surface area contributed by atoms with Gasteiger partial charge in [0.1, 0.15) is 11.4 Å². The van der Waals surface area contributed by atoms with Gasteiger partial charge >= 0.3 is 12.6 Å². The second kappa shape index (κ2) is 9.67. The molecule has 0 aliphatic heterocycles. The smallest absolute Gasteiger partial charge is 0.387 e. The average Bonchev–Trinajstić information content (AvgIpc) is 3.24. The molecule has 32 heavy (non-hydrogen) atoms. The van der Waals surface area contributed by atoms with Gasteiger partial charge in [0, 0.05) is 17.4 Å². The Morgan fingerprint density at radius 1 is 1.09 bits per heavy atom. The van der Waals surface area contributed by atoms with Gasteiger partial charge in [0.2, 0.25) is 0 Å². The number of anilines is 2. The van der Waals surface area contributed by atoms with Gasteiger partial charge in [-0.05, 0) is 57.2 Å². The van der Waals surface area contributed by atoms with Crippen LogP contribution in [0.3, 0.4) is 0 Å². The Balaban J connectivity index is 1.94. The van der Waals surface area contributed by atoms with Gasteiger partial charge in [-0.1, -0.05) is 0 Å². The van der Waals surface area contributed by atoms with E-state index in [2.05, 4.69) is 9.72 Å². The van der Waals surface area contributed by atoms with Gasteiger partial charge in [0.05, 0.1) is 25.4 Å². The van der Waals surface area contributed by atoms with Crippen molar-refractivity contribution in [1.82, 2.24) is 4.98 Å². The summed E-state index contributed by atoms with van der Waals surface area (Å²) in [7, 11) is 1.37. The Labute approximate surface area is 184 Å². The molecular weight excluding hydrogens is 422 g/mol. The van der Waals surface area contributed by atoms with Crippen molar-refractivity contribution in [2.45, 2.75) is 39.5 Å². The molecule has 9 heteroatoms. The van der Waals surface area contributed by atoms with Gasteiger partial charge < -0.3 is 23.5 Å². The summed E-state index contributed by atoms with van der Waals surface area (Å²) in [6.07, 6.45) is 2.90. The third-order valence-electron chi connectivity index (χ3n) is 4.29. The topological polar surface area (TPSA) is 74.0 Å². The van der Waals surface area contributed by atoms with Crippen molar-refractivity contribution in [3.8, 4) is 11.5 Å². The largest absolute Gasteiger partial charge is 0.493 e. The van der Waals surface area contributed by atoms with Crippen LogP contribution >= 0.6 is 0 Å². The predicted octanol–water partition coefficient (Wildman–Crippen LogP) is 5.58. The third kappa shape index (κ3) is 5.96. The van der Waals surface area contributed by atoms with Gasteiger partial charge in [-0.2, -0.15) is 8.78 Å². The van der Waals surface area contributed by atoms with Crippen LogP contribution in [0.2, 0.25) is 0 Å². The first-order valence-corrected chi connectivity index (χ1v) is 9.77. The van der Waals surface area contributed by atoms with Crippen molar-refractivity contribution in [1.29, 1.82) is 0 Å². The zero-order chi connectivity index (χ0) is 23.3. The molecule has 2 aromatic carbocycles. The highest BCUT2D eigenvalue weighted by Crippen LogP contribution is 2.36. The second-order valence-corrected chi connectivity index (χ2v) is 7.82.